The van der Waals surface area contributed by atoms with Gasteiger partial charge in [0.25, 0.3) is 5.66 Å². The lowest BCUT2D eigenvalue weighted by molar-refractivity contribution is -0.148. The van der Waals surface area contributed by atoms with Gasteiger partial charge in [0.2, 0.25) is 0 Å². The van der Waals surface area contributed by atoms with Gasteiger partial charge in [0, 0.05) is 75.1 Å². The van der Waals surface area contributed by atoms with Gasteiger partial charge < -0.3 is 30.1 Å². The second kappa shape index (κ2) is 19.2. The van der Waals surface area contributed by atoms with Crippen molar-refractivity contribution in [3.8, 4) is 22.6 Å². The summed E-state index contributed by atoms with van der Waals surface area (Å²) < 4.78 is 81.8. The van der Waals surface area contributed by atoms with Crippen molar-refractivity contribution >= 4 is 37.4 Å². The van der Waals surface area contributed by atoms with E-state index in [-0.39, 0.29) is 23.4 Å². The van der Waals surface area contributed by atoms with E-state index >= 15 is 0 Å². The average Bonchev–Trinajstić information content (AvgIpc) is 3.13. The van der Waals surface area contributed by atoms with Crippen LogP contribution >= 0.6 is 9.24 Å². The third-order valence-electron chi connectivity index (χ3n) is 11.3. The zero-order valence-corrected chi connectivity index (χ0v) is 35.0. The molecule has 0 bridgehead atoms. The first kappa shape index (κ1) is 45.6. The Bertz CT molecular complexity index is 2060. The number of hydrogen-bond donors (Lipinski definition) is 2. The van der Waals surface area contributed by atoms with Crippen LogP contribution in [0, 0.1) is 24.1 Å². The van der Waals surface area contributed by atoms with Crippen LogP contribution in [-0.4, -0.2) is 93.8 Å². The topological polar surface area (TPSA) is 91.5 Å². The van der Waals surface area contributed by atoms with Crippen molar-refractivity contribution < 1.29 is 45.7 Å². The van der Waals surface area contributed by atoms with Crippen molar-refractivity contribution in [1.82, 2.24) is 9.80 Å². The molecule has 2 saturated heterocycles. The van der Waals surface area contributed by atoms with E-state index in [2.05, 4.69) is 28.3 Å². The van der Waals surface area contributed by atoms with Gasteiger partial charge in [-0.15, -0.1) is 0 Å². The van der Waals surface area contributed by atoms with E-state index in [0.717, 1.165) is 83.5 Å². The maximum Gasteiger partial charge on any atom is 0.379 e. The Hall–Kier alpha value is -4.52. The van der Waals surface area contributed by atoms with E-state index in [9.17, 15) is 31.1 Å². The Morgan fingerprint density at radius 3 is 2.08 bits per heavy atom. The number of fused-ring (bicyclic) bond motifs is 1. The fourth-order valence-electron chi connectivity index (χ4n) is 8.54. The van der Waals surface area contributed by atoms with Crippen molar-refractivity contribution in [2.24, 2.45) is 17.1 Å². The van der Waals surface area contributed by atoms with Crippen LogP contribution in [-0.2, 0) is 17.8 Å². The monoisotopic (exact) mass is 846 g/mol. The molecule has 2 aliphatic heterocycles. The van der Waals surface area contributed by atoms with Gasteiger partial charge in [-0.2, -0.15) is 13.2 Å². The fraction of sp³-hybridized carbons (Fsp3) is 0.432. The Balaban J connectivity index is 0.000000250. The molecule has 3 aliphatic rings. The minimum absolute atomic E-state index is 0.0417. The number of piperazine rings is 1. The Morgan fingerprint density at radius 2 is 1.56 bits per heavy atom. The number of halogens is 6. The van der Waals surface area contributed by atoms with Gasteiger partial charge in [-0.05, 0) is 95.9 Å². The molecule has 320 valence electrons. The predicted molar refractivity (Wildman–Crippen MR) is 225 cm³/mol. The molecule has 1 unspecified atom stereocenters. The maximum atomic E-state index is 14.0. The van der Waals surface area contributed by atoms with Gasteiger partial charge in [-0.25, -0.2) is 13.2 Å². The summed E-state index contributed by atoms with van der Waals surface area (Å²) in [6.45, 7) is 8.06. The number of methoxy groups -OCH3 is 2. The first-order valence-corrected chi connectivity index (χ1v) is 19.9. The molecular formula is C44H53F6N4O4P. The third kappa shape index (κ3) is 11.2. The van der Waals surface area contributed by atoms with Crippen LogP contribution in [0.4, 0.5) is 32.0 Å². The van der Waals surface area contributed by atoms with E-state index in [0.29, 0.717) is 42.9 Å². The van der Waals surface area contributed by atoms with Gasteiger partial charge in [-0.1, -0.05) is 52.2 Å². The van der Waals surface area contributed by atoms with Crippen LogP contribution < -0.4 is 20.1 Å². The molecule has 1 aliphatic carbocycles. The number of nitrogens with zero attached hydrogens (tertiary/aromatic N) is 3. The summed E-state index contributed by atoms with van der Waals surface area (Å²) in [6, 6.07) is 19.6. The van der Waals surface area contributed by atoms with Crippen molar-refractivity contribution in [1.29, 1.82) is 0 Å². The quantitative estimate of drug-likeness (QED) is 0.114. The van der Waals surface area contributed by atoms with Crippen LogP contribution in [0.15, 0.2) is 67.2 Å². The van der Waals surface area contributed by atoms with Gasteiger partial charge in [0.15, 0.2) is 0 Å². The lowest BCUT2D eigenvalue weighted by Crippen LogP contribution is -2.63. The number of hydrogen-bond acceptors (Lipinski definition) is 7. The molecule has 0 amide bonds. The summed E-state index contributed by atoms with van der Waals surface area (Å²) in [5, 5.41) is 11.2. The van der Waals surface area contributed by atoms with Gasteiger partial charge in [0.1, 0.15) is 17.3 Å². The van der Waals surface area contributed by atoms with E-state index in [1.807, 2.05) is 61.5 Å². The Kier molecular flexibility index (Phi) is 14.9. The molecule has 0 aromatic heterocycles. The van der Waals surface area contributed by atoms with Crippen molar-refractivity contribution in [2.45, 2.75) is 51.5 Å². The summed E-state index contributed by atoms with van der Waals surface area (Å²) in [5.74, 6) is -0.237. The minimum atomic E-state index is -3.67. The van der Waals surface area contributed by atoms with E-state index < -0.39 is 24.2 Å². The molecule has 4 aromatic carbocycles. The second-order valence-corrected chi connectivity index (χ2v) is 16.5. The molecule has 59 heavy (non-hydrogen) atoms. The van der Waals surface area contributed by atoms with Crippen LogP contribution in [0.2, 0.25) is 0 Å². The highest BCUT2D eigenvalue weighted by Crippen LogP contribution is 2.58. The molecule has 1 saturated carbocycles. The van der Waals surface area contributed by atoms with Crippen molar-refractivity contribution in [3.05, 3.63) is 95.3 Å². The highest BCUT2D eigenvalue weighted by molar-refractivity contribution is 7.18. The molecule has 3 fully saturated rings. The lowest BCUT2D eigenvalue weighted by atomic mass is 9.57. The number of alkyl halides is 5. The van der Waals surface area contributed by atoms with Crippen molar-refractivity contribution in [2.75, 3.05) is 65.4 Å². The number of aryl methyl sites for hydroxylation is 2. The molecule has 4 aromatic rings. The molecule has 0 radical (unpaired) electrons. The minimum Gasteiger partial charge on any atom is -0.496 e. The maximum absolute atomic E-state index is 14.0. The number of rotatable bonds is 11. The summed E-state index contributed by atoms with van der Waals surface area (Å²) >= 11 is 0. The number of anilines is 1. The highest BCUT2D eigenvalue weighted by atomic mass is 31.0. The molecule has 1 atom stereocenters. The number of carboxylic acid groups (broad SMARTS) is 1. The molecule has 3 N–H and O–H groups in total. The third-order valence-corrected chi connectivity index (χ3v) is 11.8. The van der Waals surface area contributed by atoms with E-state index in [1.54, 1.807) is 29.5 Å². The first-order chi connectivity index (χ1) is 27.8. The molecule has 7 rings (SSSR count). The number of nitrogens with two attached hydrogens (primary N) is 1. The van der Waals surface area contributed by atoms with E-state index in [1.165, 1.54) is 0 Å². The number of ether oxygens (including phenoxy) is 2. The Morgan fingerprint density at radius 1 is 0.983 bits per heavy atom. The molecular weight excluding hydrogens is 793 g/mol. The first-order valence-electron chi connectivity index (χ1n) is 19.3. The number of likely N-dealkylation sites (N-methyl/N-ethyl adjacent to an activating group) is 1. The SMILES string of the molecule is C=C(N)c1c(C)cc(N2CCN(C)CC2)cc1F.COc1cc(CN2CC3(CC(C(F)(F)P)C3)C2)cc(OC)c1-c1cccc2c(CCC(=O)O)cccc12.FC(F)F. The summed E-state index contributed by atoms with van der Waals surface area (Å²) in [5.41, 5.74) is 9.32. The molecule has 8 nitrogen and oxygen atoms in total. The summed E-state index contributed by atoms with van der Waals surface area (Å²) in [6.07, 6.45) is 1.70. The smallest absolute Gasteiger partial charge is 0.379 e. The number of likely N-dealkylation sites (tertiary alicyclic amines) is 1. The van der Waals surface area contributed by atoms with Crippen LogP contribution in [0.3, 0.4) is 0 Å². The van der Waals surface area contributed by atoms with Gasteiger partial charge >= 0.3 is 12.6 Å². The molecule has 15 heteroatoms. The van der Waals surface area contributed by atoms with Crippen LogP contribution in [0.1, 0.15) is 41.5 Å². The zero-order chi connectivity index (χ0) is 43.2. The second-order valence-electron chi connectivity index (χ2n) is 15.7. The number of carboxylic acids is 1. The fourth-order valence-corrected chi connectivity index (χ4v) is 8.78. The largest absolute Gasteiger partial charge is 0.496 e. The summed E-state index contributed by atoms with van der Waals surface area (Å²) in [7, 11) is 7.08. The standard InChI is InChI=1S/C29H32F2NO4P.C14H20FN3.CHF3/c1-35-24-11-18(15-32-16-28(17-32)13-20(14-28)29(30,31)37)12-25(36-2)27(24)23-8-4-6-21-19(9-10-26(33)34)5-3-7-22(21)23;1-10-8-12(9-13(15)14(10)11(2)16)18-6-4-17(3)5-7-18;2-1(3)4/h3-8,11-12,20H,9-10,13-17,37H2,1-2H3,(H,33,34);8-9H,2,4-7,16H2,1,3H3;1H. The van der Waals surface area contributed by atoms with Crippen LogP contribution in [0.5, 0.6) is 11.5 Å². The normalized spacial score (nSPS) is 16.7. The van der Waals surface area contributed by atoms with Gasteiger partial charge in [-0.3, -0.25) is 9.69 Å². The summed E-state index contributed by atoms with van der Waals surface area (Å²) in [4.78, 5) is 17.9. The Labute approximate surface area is 344 Å². The number of carbonyl (C=O) groups is 1. The molecule has 1 spiro atoms. The number of benzene rings is 4. The van der Waals surface area contributed by atoms with Crippen molar-refractivity contribution in [3.63, 3.8) is 0 Å². The zero-order valence-electron chi connectivity index (χ0n) is 33.8. The number of aliphatic carboxylic acids is 1. The van der Waals surface area contributed by atoms with Gasteiger partial charge in [0.05, 0.1) is 19.8 Å². The predicted octanol–water partition coefficient (Wildman–Crippen LogP) is 9.21. The van der Waals surface area contributed by atoms with E-state index in [4.69, 9.17) is 20.3 Å². The lowest BCUT2D eigenvalue weighted by Gasteiger charge is -2.60. The average molecular weight is 847 g/mol. The molecule has 2 heterocycles. The highest BCUT2D eigenvalue weighted by Gasteiger charge is 2.57. The van der Waals surface area contributed by atoms with Crippen LogP contribution in [0.25, 0.3) is 27.6 Å².